The van der Waals surface area contributed by atoms with Crippen LogP contribution in [0.3, 0.4) is 0 Å². The number of ether oxygens (including phenoxy) is 1. The molecule has 2 aromatic carbocycles. The van der Waals surface area contributed by atoms with Crippen LogP contribution in [0.1, 0.15) is 11.1 Å². The molecule has 5 nitrogen and oxygen atoms in total. The van der Waals surface area contributed by atoms with Gasteiger partial charge < -0.3 is 9.15 Å². The molecule has 3 rings (SSSR count). The second-order valence-corrected chi connectivity index (χ2v) is 5.50. The molecular formula is C18H12F3NO4. The summed E-state index contributed by atoms with van der Waals surface area (Å²) in [4.78, 5) is 23.3. The maximum absolute atomic E-state index is 12.7. The van der Waals surface area contributed by atoms with Gasteiger partial charge in [-0.25, -0.2) is 9.59 Å². The zero-order valence-corrected chi connectivity index (χ0v) is 13.4. The molecule has 0 unspecified atom stereocenters. The molecule has 0 radical (unpaired) electrons. The Kier molecular flexibility index (Phi) is 4.41. The number of aryl methyl sites for hydroxylation is 1. The molecule has 3 aromatic rings. The van der Waals surface area contributed by atoms with E-state index in [-0.39, 0.29) is 17.0 Å². The van der Waals surface area contributed by atoms with Crippen LogP contribution >= 0.6 is 0 Å². The minimum Gasteiger partial charge on any atom is -0.423 e. The number of anilines is 1. The number of hydrogen-bond acceptors (Lipinski definition) is 4. The molecule has 1 heterocycles. The van der Waals surface area contributed by atoms with Gasteiger partial charge in [0.05, 0.1) is 5.56 Å². The fourth-order valence-electron chi connectivity index (χ4n) is 2.39. The molecule has 0 aliphatic carbocycles. The number of hydrogen-bond donors (Lipinski definition) is 1. The molecule has 1 N–H and O–H groups in total. The van der Waals surface area contributed by atoms with E-state index in [1.54, 1.807) is 13.0 Å². The first-order valence-corrected chi connectivity index (χ1v) is 7.43. The molecule has 0 saturated heterocycles. The fraction of sp³-hybridized carbons (Fsp3) is 0.111. The summed E-state index contributed by atoms with van der Waals surface area (Å²) in [5, 5.41) is 2.90. The van der Waals surface area contributed by atoms with E-state index in [2.05, 4.69) is 5.32 Å². The zero-order chi connectivity index (χ0) is 18.9. The van der Waals surface area contributed by atoms with E-state index in [1.807, 2.05) is 0 Å². The molecule has 26 heavy (non-hydrogen) atoms. The lowest BCUT2D eigenvalue weighted by Gasteiger charge is -2.10. The smallest absolute Gasteiger partial charge is 0.417 e. The van der Waals surface area contributed by atoms with Gasteiger partial charge in [-0.05, 0) is 42.8 Å². The van der Waals surface area contributed by atoms with E-state index < -0.39 is 23.5 Å². The Balaban J connectivity index is 1.78. The van der Waals surface area contributed by atoms with E-state index in [9.17, 15) is 22.8 Å². The molecule has 0 atom stereocenters. The highest BCUT2D eigenvalue weighted by Gasteiger charge is 2.30. The van der Waals surface area contributed by atoms with Gasteiger partial charge in [0.2, 0.25) is 0 Å². The van der Waals surface area contributed by atoms with Crippen LogP contribution < -0.4 is 15.7 Å². The first-order chi connectivity index (χ1) is 12.2. The summed E-state index contributed by atoms with van der Waals surface area (Å²) in [5.74, 6) is 0.0794. The lowest BCUT2D eigenvalue weighted by atomic mass is 10.1. The maximum atomic E-state index is 12.7. The third-order valence-electron chi connectivity index (χ3n) is 3.57. The van der Waals surface area contributed by atoms with Gasteiger partial charge in [0.1, 0.15) is 11.3 Å². The Morgan fingerprint density at radius 3 is 2.62 bits per heavy atom. The SMILES string of the molecule is Cc1cc(=O)oc2cc(OC(=O)Nc3cccc(C(F)(F)F)c3)ccc12. The predicted molar refractivity (Wildman–Crippen MR) is 88.3 cm³/mol. The van der Waals surface area contributed by atoms with Crippen molar-refractivity contribution in [2.75, 3.05) is 5.32 Å². The van der Waals surface area contributed by atoms with E-state index in [4.69, 9.17) is 9.15 Å². The van der Waals surface area contributed by atoms with E-state index in [0.717, 1.165) is 12.1 Å². The number of fused-ring (bicyclic) bond motifs is 1. The van der Waals surface area contributed by atoms with Crippen LogP contribution in [0.2, 0.25) is 0 Å². The van der Waals surface area contributed by atoms with Crippen molar-refractivity contribution in [1.29, 1.82) is 0 Å². The average Bonchev–Trinajstić information content (AvgIpc) is 2.53. The van der Waals surface area contributed by atoms with Crippen LogP contribution in [0.4, 0.5) is 23.7 Å². The van der Waals surface area contributed by atoms with Crippen LogP contribution in [-0.2, 0) is 6.18 Å². The minimum atomic E-state index is -4.52. The number of rotatable bonds is 2. The monoisotopic (exact) mass is 363 g/mol. The van der Waals surface area contributed by atoms with E-state index >= 15 is 0 Å². The zero-order valence-electron chi connectivity index (χ0n) is 13.4. The van der Waals surface area contributed by atoms with Crippen molar-refractivity contribution in [2.24, 2.45) is 0 Å². The molecule has 0 aliphatic rings. The highest BCUT2D eigenvalue weighted by Crippen LogP contribution is 2.30. The van der Waals surface area contributed by atoms with Crippen molar-refractivity contribution in [3.8, 4) is 5.75 Å². The lowest BCUT2D eigenvalue weighted by molar-refractivity contribution is -0.137. The van der Waals surface area contributed by atoms with Crippen LogP contribution in [-0.4, -0.2) is 6.09 Å². The molecule has 8 heteroatoms. The molecule has 1 amide bonds. The van der Waals surface area contributed by atoms with Gasteiger partial charge in [0, 0.05) is 23.2 Å². The molecular weight excluding hydrogens is 351 g/mol. The van der Waals surface area contributed by atoms with Crippen LogP contribution in [0.15, 0.2) is 57.7 Å². The Morgan fingerprint density at radius 2 is 1.88 bits per heavy atom. The molecule has 134 valence electrons. The Bertz CT molecular complexity index is 1040. The van der Waals surface area contributed by atoms with Gasteiger partial charge in [0.25, 0.3) is 0 Å². The molecule has 0 fully saturated rings. The van der Waals surface area contributed by atoms with Crippen LogP contribution in [0, 0.1) is 6.92 Å². The normalized spacial score (nSPS) is 11.4. The molecule has 0 spiro atoms. The van der Waals surface area contributed by atoms with Crippen molar-refractivity contribution in [3.63, 3.8) is 0 Å². The third kappa shape index (κ3) is 3.85. The van der Waals surface area contributed by atoms with Crippen molar-refractivity contribution < 1.29 is 27.1 Å². The number of halogens is 3. The Hall–Kier alpha value is -3.29. The average molecular weight is 363 g/mol. The number of amides is 1. The van der Waals surface area contributed by atoms with Gasteiger partial charge in [-0.1, -0.05) is 6.07 Å². The van der Waals surface area contributed by atoms with Crippen molar-refractivity contribution in [2.45, 2.75) is 13.1 Å². The number of carbonyl (C=O) groups is 1. The topological polar surface area (TPSA) is 68.5 Å². The summed E-state index contributed by atoms with van der Waals surface area (Å²) in [7, 11) is 0. The number of nitrogens with one attached hydrogen (secondary N) is 1. The highest BCUT2D eigenvalue weighted by molar-refractivity contribution is 5.87. The van der Waals surface area contributed by atoms with Gasteiger partial charge in [-0.3, -0.25) is 5.32 Å². The molecule has 0 aliphatic heterocycles. The maximum Gasteiger partial charge on any atom is 0.417 e. The fourth-order valence-corrected chi connectivity index (χ4v) is 2.39. The van der Waals surface area contributed by atoms with Crippen LogP contribution in [0.5, 0.6) is 5.75 Å². The minimum absolute atomic E-state index is 0.0620. The summed E-state index contributed by atoms with van der Waals surface area (Å²) in [6.45, 7) is 1.74. The summed E-state index contributed by atoms with van der Waals surface area (Å²) < 4.78 is 48.1. The third-order valence-corrected chi connectivity index (χ3v) is 3.57. The second kappa shape index (κ2) is 6.55. The highest BCUT2D eigenvalue weighted by atomic mass is 19.4. The predicted octanol–water partition coefficient (Wildman–Crippen LogP) is 4.73. The van der Waals surface area contributed by atoms with Gasteiger partial charge in [-0.2, -0.15) is 13.2 Å². The Labute approximate surface area is 145 Å². The van der Waals surface area contributed by atoms with Crippen molar-refractivity contribution in [1.82, 2.24) is 0 Å². The van der Waals surface area contributed by atoms with Gasteiger partial charge in [-0.15, -0.1) is 0 Å². The lowest BCUT2D eigenvalue weighted by Crippen LogP contribution is -2.17. The summed E-state index contributed by atoms with van der Waals surface area (Å²) >= 11 is 0. The Morgan fingerprint density at radius 1 is 1.12 bits per heavy atom. The first kappa shape index (κ1) is 17.5. The largest absolute Gasteiger partial charge is 0.423 e. The van der Waals surface area contributed by atoms with Gasteiger partial charge >= 0.3 is 17.9 Å². The number of carbonyl (C=O) groups excluding carboxylic acids is 1. The number of alkyl halides is 3. The van der Waals surface area contributed by atoms with Crippen molar-refractivity contribution in [3.05, 3.63) is 70.1 Å². The first-order valence-electron chi connectivity index (χ1n) is 7.43. The summed E-state index contributed by atoms with van der Waals surface area (Å²) in [6, 6.07) is 9.96. The number of benzene rings is 2. The molecule has 0 bridgehead atoms. The standard InChI is InChI=1S/C18H12F3NO4/c1-10-7-16(23)26-15-9-13(5-6-14(10)15)25-17(24)22-12-4-2-3-11(8-12)18(19,20)21/h2-9H,1H3,(H,22,24). The summed E-state index contributed by atoms with van der Waals surface area (Å²) in [6.07, 6.45) is -5.49. The second-order valence-electron chi connectivity index (χ2n) is 5.50. The quantitative estimate of drug-likeness (QED) is 0.668. The molecule has 1 aromatic heterocycles. The van der Waals surface area contributed by atoms with Gasteiger partial charge in [0.15, 0.2) is 0 Å². The summed E-state index contributed by atoms with van der Waals surface area (Å²) in [5.41, 5.74) is -0.553. The van der Waals surface area contributed by atoms with E-state index in [1.165, 1.54) is 30.3 Å². The van der Waals surface area contributed by atoms with E-state index in [0.29, 0.717) is 10.9 Å². The van der Waals surface area contributed by atoms with Crippen LogP contribution in [0.25, 0.3) is 11.0 Å². The molecule has 0 saturated carbocycles. The van der Waals surface area contributed by atoms with Crippen molar-refractivity contribution >= 4 is 22.7 Å².